The van der Waals surface area contributed by atoms with Crippen LogP contribution in [0.2, 0.25) is 0 Å². The molecule has 1 fully saturated rings. The van der Waals surface area contributed by atoms with E-state index in [0.29, 0.717) is 5.92 Å². The van der Waals surface area contributed by atoms with Crippen LogP contribution in [0, 0.1) is 12.8 Å². The van der Waals surface area contributed by atoms with Gasteiger partial charge in [0.05, 0.1) is 11.7 Å². The van der Waals surface area contributed by atoms with E-state index in [-0.39, 0.29) is 11.9 Å². The predicted molar refractivity (Wildman–Crippen MR) is 82.3 cm³/mol. The maximum atomic E-state index is 12.3. The molecule has 1 heterocycles. The molecule has 1 aromatic rings. The van der Waals surface area contributed by atoms with Crippen molar-refractivity contribution in [2.75, 3.05) is 11.9 Å². The zero-order valence-electron chi connectivity index (χ0n) is 11.5. The molecule has 0 bridgehead atoms. The van der Waals surface area contributed by atoms with Gasteiger partial charge in [-0.05, 0) is 65.9 Å². The topological polar surface area (TPSA) is 41.1 Å². The molecule has 2 unspecified atom stereocenters. The molecule has 1 saturated heterocycles. The van der Waals surface area contributed by atoms with Gasteiger partial charge in [-0.1, -0.05) is 19.4 Å². The number of amides is 1. The third-order valence-corrected chi connectivity index (χ3v) is 4.48. The number of aryl methyl sites for hydroxylation is 1. The van der Waals surface area contributed by atoms with Crippen LogP contribution in [-0.4, -0.2) is 18.5 Å². The number of piperidine rings is 1. The van der Waals surface area contributed by atoms with E-state index in [9.17, 15) is 4.79 Å². The fourth-order valence-corrected chi connectivity index (χ4v) is 2.87. The van der Waals surface area contributed by atoms with Crippen LogP contribution in [0.1, 0.15) is 31.7 Å². The summed E-state index contributed by atoms with van der Waals surface area (Å²) in [7, 11) is 0. The Kier molecular flexibility index (Phi) is 4.99. The van der Waals surface area contributed by atoms with Crippen molar-refractivity contribution in [1.29, 1.82) is 0 Å². The van der Waals surface area contributed by atoms with Crippen LogP contribution in [0.25, 0.3) is 0 Å². The number of benzene rings is 1. The minimum absolute atomic E-state index is 0.0638. The van der Waals surface area contributed by atoms with Crippen LogP contribution in [-0.2, 0) is 4.79 Å². The Morgan fingerprint density at radius 2 is 2.32 bits per heavy atom. The molecule has 104 valence electrons. The lowest BCUT2D eigenvalue weighted by Gasteiger charge is -2.29. The molecule has 1 aliphatic heterocycles. The van der Waals surface area contributed by atoms with Crippen LogP contribution >= 0.6 is 15.9 Å². The van der Waals surface area contributed by atoms with E-state index in [0.717, 1.165) is 35.1 Å². The molecule has 0 aromatic heterocycles. The average Bonchev–Trinajstić information content (AvgIpc) is 2.43. The largest absolute Gasteiger partial charge is 0.324 e. The quantitative estimate of drug-likeness (QED) is 0.893. The summed E-state index contributed by atoms with van der Waals surface area (Å²) in [5.74, 6) is 0.738. The first-order valence-electron chi connectivity index (χ1n) is 6.90. The molecule has 1 aromatic carbocycles. The average molecular weight is 325 g/mol. The fraction of sp³-hybridized carbons (Fsp3) is 0.533. The van der Waals surface area contributed by atoms with E-state index < -0.39 is 0 Å². The van der Waals surface area contributed by atoms with Gasteiger partial charge in [-0.3, -0.25) is 4.79 Å². The number of halogens is 1. The van der Waals surface area contributed by atoms with Gasteiger partial charge in [0.15, 0.2) is 0 Å². The summed E-state index contributed by atoms with van der Waals surface area (Å²) in [6, 6.07) is 5.91. The fourth-order valence-electron chi connectivity index (χ4n) is 2.52. The number of anilines is 1. The summed E-state index contributed by atoms with van der Waals surface area (Å²) in [6.07, 6.45) is 3.26. The van der Waals surface area contributed by atoms with Crippen molar-refractivity contribution >= 4 is 27.5 Å². The van der Waals surface area contributed by atoms with Crippen molar-refractivity contribution in [2.45, 2.75) is 39.2 Å². The second kappa shape index (κ2) is 6.53. The van der Waals surface area contributed by atoms with Crippen LogP contribution in [0.15, 0.2) is 22.7 Å². The van der Waals surface area contributed by atoms with Crippen molar-refractivity contribution in [1.82, 2.24) is 5.32 Å². The van der Waals surface area contributed by atoms with Crippen LogP contribution in [0.3, 0.4) is 0 Å². The minimum atomic E-state index is -0.0638. The zero-order chi connectivity index (χ0) is 13.8. The Hall–Kier alpha value is -0.870. The summed E-state index contributed by atoms with van der Waals surface area (Å²) in [6.45, 7) is 5.15. The van der Waals surface area contributed by atoms with Gasteiger partial charge in [0.2, 0.25) is 5.91 Å². The van der Waals surface area contributed by atoms with E-state index in [2.05, 4.69) is 33.5 Å². The Morgan fingerprint density at radius 3 is 3.05 bits per heavy atom. The van der Waals surface area contributed by atoms with Gasteiger partial charge in [0.1, 0.15) is 0 Å². The molecule has 2 rings (SSSR count). The van der Waals surface area contributed by atoms with E-state index in [4.69, 9.17) is 0 Å². The summed E-state index contributed by atoms with van der Waals surface area (Å²) in [5.41, 5.74) is 1.99. The second-order valence-corrected chi connectivity index (χ2v) is 6.13. The van der Waals surface area contributed by atoms with Crippen molar-refractivity contribution < 1.29 is 4.79 Å². The number of hydrogen-bond donors (Lipinski definition) is 2. The first kappa shape index (κ1) is 14.5. The van der Waals surface area contributed by atoms with Gasteiger partial charge < -0.3 is 10.6 Å². The molecule has 0 radical (unpaired) electrons. The first-order chi connectivity index (χ1) is 9.10. The molecule has 2 N–H and O–H groups in total. The third kappa shape index (κ3) is 3.80. The van der Waals surface area contributed by atoms with E-state index in [1.807, 2.05) is 25.1 Å². The summed E-state index contributed by atoms with van der Waals surface area (Å²) in [5, 5.41) is 6.33. The lowest BCUT2D eigenvalue weighted by Crippen LogP contribution is -2.46. The van der Waals surface area contributed by atoms with Gasteiger partial charge in [-0.25, -0.2) is 0 Å². The second-order valence-electron chi connectivity index (χ2n) is 5.28. The third-order valence-electron chi connectivity index (χ3n) is 3.79. The molecule has 4 heteroatoms. The summed E-state index contributed by atoms with van der Waals surface area (Å²) >= 11 is 3.47. The molecule has 0 aliphatic carbocycles. The Labute approximate surface area is 123 Å². The van der Waals surface area contributed by atoms with Crippen molar-refractivity contribution in [3.05, 3.63) is 28.2 Å². The van der Waals surface area contributed by atoms with Gasteiger partial charge in [0.25, 0.3) is 0 Å². The summed E-state index contributed by atoms with van der Waals surface area (Å²) in [4.78, 5) is 12.3. The molecule has 2 atom stereocenters. The van der Waals surface area contributed by atoms with E-state index >= 15 is 0 Å². The molecule has 1 amide bonds. The Bertz CT molecular complexity index is 461. The molecule has 19 heavy (non-hydrogen) atoms. The normalized spacial score (nSPS) is 23.1. The molecule has 3 nitrogen and oxygen atoms in total. The number of rotatable bonds is 3. The molecule has 1 aliphatic rings. The SMILES string of the molecule is CCC1CCNC(C(=O)Nc2cc(C)ccc2Br)C1. The highest BCUT2D eigenvalue weighted by Gasteiger charge is 2.26. The molecular formula is C15H21BrN2O. The first-order valence-corrected chi connectivity index (χ1v) is 7.70. The maximum absolute atomic E-state index is 12.3. The van der Waals surface area contributed by atoms with Crippen molar-refractivity contribution in [2.24, 2.45) is 5.92 Å². The lowest BCUT2D eigenvalue weighted by molar-refractivity contribution is -0.119. The minimum Gasteiger partial charge on any atom is -0.324 e. The van der Waals surface area contributed by atoms with Crippen LogP contribution in [0.4, 0.5) is 5.69 Å². The number of carbonyl (C=O) groups is 1. The molecule has 0 spiro atoms. The Morgan fingerprint density at radius 1 is 1.53 bits per heavy atom. The highest BCUT2D eigenvalue weighted by molar-refractivity contribution is 9.10. The predicted octanol–water partition coefficient (Wildman–Crippen LogP) is 3.47. The highest BCUT2D eigenvalue weighted by Crippen LogP contribution is 2.25. The number of carbonyl (C=O) groups excluding carboxylic acids is 1. The lowest BCUT2D eigenvalue weighted by atomic mass is 9.90. The molecular weight excluding hydrogens is 304 g/mol. The molecule has 0 saturated carbocycles. The van der Waals surface area contributed by atoms with Gasteiger partial charge in [-0.15, -0.1) is 0 Å². The van der Waals surface area contributed by atoms with Crippen LogP contribution < -0.4 is 10.6 Å². The number of nitrogens with one attached hydrogen (secondary N) is 2. The Balaban J connectivity index is 2.02. The van der Waals surface area contributed by atoms with Gasteiger partial charge in [0, 0.05) is 4.47 Å². The van der Waals surface area contributed by atoms with Crippen molar-refractivity contribution in [3.8, 4) is 0 Å². The van der Waals surface area contributed by atoms with Gasteiger partial charge >= 0.3 is 0 Å². The monoisotopic (exact) mass is 324 g/mol. The van der Waals surface area contributed by atoms with Gasteiger partial charge in [-0.2, -0.15) is 0 Å². The van der Waals surface area contributed by atoms with Crippen molar-refractivity contribution in [3.63, 3.8) is 0 Å². The number of hydrogen-bond acceptors (Lipinski definition) is 2. The highest BCUT2D eigenvalue weighted by atomic mass is 79.9. The summed E-state index contributed by atoms with van der Waals surface area (Å²) < 4.78 is 0.925. The zero-order valence-corrected chi connectivity index (χ0v) is 13.1. The van der Waals surface area contributed by atoms with E-state index in [1.54, 1.807) is 0 Å². The maximum Gasteiger partial charge on any atom is 0.241 e. The standard InChI is InChI=1S/C15H21BrN2O/c1-3-11-6-7-17-14(9-11)15(19)18-13-8-10(2)4-5-12(13)16/h4-5,8,11,14,17H,3,6-7,9H2,1-2H3,(H,18,19). The smallest absolute Gasteiger partial charge is 0.241 e. The van der Waals surface area contributed by atoms with E-state index in [1.165, 1.54) is 6.42 Å². The van der Waals surface area contributed by atoms with Crippen LogP contribution in [0.5, 0.6) is 0 Å².